The van der Waals surface area contributed by atoms with Gasteiger partial charge in [0.25, 0.3) is 0 Å². The summed E-state index contributed by atoms with van der Waals surface area (Å²) in [5.74, 6) is 1.98. The summed E-state index contributed by atoms with van der Waals surface area (Å²) >= 11 is 1.89. The van der Waals surface area contributed by atoms with Crippen LogP contribution in [0.15, 0.2) is 64.7 Å². The maximum Gasteiger partial charge on any atom is 0.191 e. The largest absolute Gasteiger partial charge is 0.356 e. The van der Waals surface area contributed by atoms with E-state index in [4.69, 9.17) is 0 Å². The van der Waals surface area contributed by atoms with Crippen LogP contribution in [0, 0.1) is 0 Å². The Bertz CT molecular complexity index is 543. The summed E-state index contributed by atoms with van der Waals surface area (Å²) in [5.41, 5.74) is 0. The molecular weight excluding hydrogens is 419 g/mol. The van der Waals surface area contributed by atoms with Crippen LogP contribution in [0.4, 0.5) is 0 Å². The van der Waals surface area contributed by atoms with Gasteiger partial charge in [-0.3, -0.25) is 4.99 Å². The molecule has 4 nitrogen and oxygen atoms in total. The molecule has 1 heterocycles. The quantitative estimate of drug-likeness (QED) is 0.216. The molecular formula is C17H25IN4S. The second-order valence-corrected chi connectivity index (χ2v) is 6.03. The van der Waals surface area contributed by atoms with Crippen LogP contribution in [0.3, 0.4) is 0 Å². The summed E-state index contributed by atoms with van der Waals surface area (Å²) in [7, 11) is 1.81. The van der Waals surface area contributed by atoms with Crippen molar-refractivity contribution in [3.05, 3.63) is 54.9 Å². The lowest BCUT2D eigenvalue weighted by Gasteiger charge is -2.12. The fourth-order valence-electron chi connectivity index (χ4n) is 2.03. The van der Waals surface area contributed by atoms with Crippen molar-refractivity contribution < 1.29 is 0 Å². The number of halogens is 1. The van der Waals surface area contributed by atoms with Crippen LogP contribution in [0.25, 0.3) is 0 Å². The van der Waals surface area contributed by atoms with Gasteiger partial charge in [-0.05, 0) is 36.4 Å². The number of aromatic nitrogens is 1. The minimum absolute atomic E-state index is 0. The predicted molar refractivity (Wildman–Crippen MR) is 111 cm³/mol. The highest BCUT2D eigenvalue weighted by Gasteiger charge is 1.97. The SMILES string of the molecule is CN=C(NCCCSc1ccccc1)NCCn1cccc1.I. The lowest BCUT2D eigenvalue weighted by atomic mass is 10.4. The molecule has 0 aliphatic heterocycles. The van der Waals surface area contributed by atoms with Crippen molar-refractivity contribution >= 4 is 41.7 Å². The Kier molecular flexibility index (Phi) is 10.6. The zero-order valence-corrected chi connectivity index (χ0v) is 16.6. The number of nitrogens with zero attached hydrogens (tertiary/aromatic N) is 2. The van der Waals surface area contributed by atoms with Crippen molar-refractivity contribution in [3.63, 3.8) is 0 Å². The summed E-state index contributed by atoms with van der Waals surface area (Å²) in [6.07, 6.45) is 5.25. The number of rotatable bonds is 8. The molecule has 0 saturated carbocycles. The minimum atomic E-state index is 0. The van der Waals surface area contributed by atoms with Crippen LogP contribution in [0.2, 0.25) is 0 Å². The van der Waals surface area contributed by atoms with Crippen molar-refractivity contribution in [2.24, 2.45) is 4.99 Å². The van der Waals surface area contributed by atoms with Crippen LogP contribution in [0.5, 0.6) is 0 Å². The lowest BCUT2D eigenvalue weighted by Crippen LogP contribution is -2.39. The summed E-state index contributed by atoms with van der Waals surface area (Å²) in [4.78, 5) is 5.57. The van der Waals surface area contributed by atoms with Gasteiger partial charge in [-0.15, -0.1) is 35.7 Å². The monoisotopic (exact) mass is 444 g/mol. The van der Waals surface area contributed by atoms with E-state index in [-0.39, 0.29) is 24.0 Å². The fourth-order valence-corrected chi connectivity index (χ4v) is 2.90. The molecule has 0 aliphatic rings. The number of nitrogens with one attached hydrogen (secondary N) is 2. The Morgan fingerprint density at radius 1 is 1.04 bits per heavy atom. The van der Waals surface area contributed by atoms with Crippen LogP contribution >= 0.6 is 35.7 Å². The summed E-state index contributed by atoms with van der Waals surface area (Å²) in [6.45, 7) is 2.74. The Balaban J connectivity index is 0.00000264. The molecule has 0 unspecified atom stereocenters. The highest BCUT2D eigenvalue weighted by atomic mass is 127. The van der Waals surface area contributed by atoms with Crippen LogP contribution in [-0.4, -0.2) is 36.4 Å². The third kappa shape index (κ3) is 8.31. The van der Waals surface area contributed by atoms with E-state index in [1.165, 1.54) is 4.90 Å². The fraction of sp³-hybridized carbons (Fsp3) is 0.353. The molecule has 0 radical (unpaired) electrons. The first-order valence-corrected chi connectivity index (χ1v) is 8.60. The van der Waals surface area contributed by atoms with Gasteiger partial charge in [0.1, 0.15) is 0 Å². The maximum absolute atomic E-state index is 4.24. The Labute approximate surface area is 160 Å². The lowest BCUT2D eigenvalue weighted by molar-refractivity contribution is 0.664. The van der Waals surface area contributed by atoms with E-state index in [0.29, 0.717) is 0 Å². The van der Waals surface area contributed by atoms with E-state index in [9.17, 15) is 0 Å². The predicted octanol–water partition coefficient (Wildman–Crippen LogP) is 3.45. The van der Waals surface area contributed by atoms with Gasteiger partial charge < -0.3 is 15.2 Å². The highest BCUT2D eigenvalue weighted by Crippen LogP contribution is 2.17. The molecule has 0 bridgehead atoms. The molecule has 126 valence electrons. The van der Waals surface area contributed by atoms with Crippen molar-refractivity contribution in [1.82, 2.24) is 15.2 Å². The summed E-state index contributed by atoms with van der Waals surface area (Å²) < 4.78 is 2.15. The van der Waals surface area contributed by atoms with Gasteiger partial charge in [0.15, 0.2) is 5.96 Å². The summed E-state index contributed by atoms with van der Waals surface area (Å²) in [5, 5.41) is 6.68. The van der Waals surface area contributed by atoms with E-state index in [0.717, 1.165) is 37.8 Å². The molecule has 1 aromatic carbocycles. The number of hydrogen-bond acceptors (Lipinski definition) is 2. The second-order valence-electron chi connectivity index (χ2n) is 4.86. The van der Waals surface area contributed by atoms with Crippen molar-refractivity contribution in [2.75, 3.05) is 25.9 Å². The van der Waals surface area contributed by atoms with E-state index in [2.05, 4.69) is 62.9 Å². The zero-order valence-electron chi connectivity index (χ0n) is 13.4. The molecule has 0 spiro atoms. The standard InChI is InChI=1S/C17H24N4S.HI/c1-18-17(20-11-14-21-12-5-6-13-21)19-10-7-15-22-16-8-3-2-4-9-16;/h2-6,8-9,12-13H,7,10-11,14-15H2,1H3,(H2,18,19,20);1H. The smallest absolute Gasteiger partial charge is 0.191 e. The molecule has 0 amide bonds. The molecule has 2 aromatic rings. The first-order valence-electron chi connectivity index (χ1n) is 7.61. The zero-order chi connectivity index (χ0) is 15.5. The Morgan fingerprint density at radius 2 is 1.74 bits per heavy atom. The van der Waals surface area contributed by atoms with Gasteiger partial charge in [-0.1, -0.05) is 18.2 Å². The molecule has 2 N–H and O–H groups in total. The molecule has 6 heteroatoms. The number of thioether (sulfide) groups is 1. The van der Waals surface area contributed by atoms with Crippen molar-refractivity contribution in [2.45, 2.75) is 17.9 Å². The second kappa shape index (κ2) is 12.3. The average molecular weight is 444 g/mol. The molecule has 23 heavy (non-hydrogen) atoms. The topological polar surface area (TPSA) is 41.4 Å². The highest BCUT2D eigenvalue weighted by molar-refractivity contribution is 14.0. The number of guanidine groups is 1. The maximum atomic E-state index is 4.24. The molecule has 2 rings (SSSR count). The normalized spacial score (nSPS) is 10.9. The van der Waals surface area contributed by atoms with Gasteiger partial charge >= 0.3 is 0 Å². The summed E-state index contributed by atoms with van der Waals surface area (Å²) in [6, 6.07) is 14.6. The molecule has 0 saturated heterocycles. The molecule has 0 atom stereocenters. The van der Waals surface area contributed by atoms with Crippen LogP contribution < -0.4 is 10.6 Å². The van der Waals surface area contributed by atoms with Gasteiger partial charge in [-0.2, -0.15) is 0 Å². The molecule has 1 aromatic heterocycles. The average Bonchev–Trinajstić information content (AvgIpc) is 3.07. The Morgan fingerprint density at radius 3 is 2.43 bits per heavy atom. The Hall–Kier alpha value is -1.15. The minimum Gasteiger partial charge on any atom is -0.356 e. The first kappa shape index (κ1) is 19.9. The van der Waals surface area contributed by atoms with Gasteiger partial charge in [0, 0.05) is 44.0 Å². The van der Waals surface area contributed by atoms with Gasteiger partial charge in [-0.25, -0.2) is 0 Å². The number of benzene rings is 1. The van der Waals surface area contributed by atoms with Crippen LogP contribution in [0.1, 0.15) is 6.42 Å². The van der Waals surface area contributed by atoms with Gasteiger partial charge in [0.05, 0.1) is 0 Å². The van der Waals surface area contributed by atoms with E-state index in [1.54, 1.807) is 0 Å². The van der Waals surface area contributed by atoms with Crippen molar-refractivity contribution in [1.29, 1.82) is 0 Å². The van der Waals surface area contributed by atoms with Gasteiger partial charge in [0.2, 0.25) is 0 Å². The first-order chi connectivity index (χ1) is 10.9. The third-order valence-electron chi connectivity index (χ3n) is 3.18. The molecule has 0 fully saturated rings. The molecule has 0 aliphatic carbocycles. The van der Waals surface area contributed by atoms with E-state index in [1.807, 2.05) is 30.9 Å². The van der Waals surface area contributed by atoms with E-state index >= 15 is 0 Å². The van der Waals surface area contributed by atoms with Crippen molar-refractivity contribution in [3.8, 4) is 0 Å². The van der Waals surface area contributed by atoms with Crippen LogP contribution in [-0.2, 0) is 6.54 Å². The van der Waals surface area contributed by atoms with E-state index < -0.39 is 0 Å². The third-order valence-corrected chi connectivity index (χ3v) is 4.28. The number of hydrogen-bond donors (Lipinski definition) is 2. The number of aliphatic imine (C=N–C) groups is 1.